The van der Waals surface area contributed by atoms with Crippen LogP contribution in [0.1, 0.15) is 10.6 Å². The number of hydrogen-bond acceptors (Lipinski definition) is 5. The molecule has 0 aliphatic rings. The minimum atomic E-state index is -3.52. The van der Waals surface area contributed by atoms with Gasteiger partial charge >= 0.3 is 0 Å². The van der Waals surface area contributed by atoms with Crippen LogP contribution in [-0.4, -0.2) is 31.9 Å². The molecule has 0 spiro atoms. The zero-order chi connectivity index (χ0) is 14.8. The summed E-state index contributed by atoms with van der Waals surface area (Å²) in [5.74, 6) is 0.673. The third kappa shape index (κ3) is 3.00. The first-order valence-electron chi connectivity index (χ1n) is 5.94. The Hall–Kier alpha value is -1.44. The molecule has 2 rings (SSSR count). The first kappa shape index (κ1) is 15.0. The lowest BCUT2D eigenvalue weighted by Crippen LogP contribution is -2.26. The van der Waals surface area contributed by atoms with Gasteiger partial charge in [-0.1, -0.05) is 0 Å². The fraction of sp³-hybridized carbons (Fsp3) is 0.308. The Balaban J connectivity index is 2.27. The van der Waals surface area contributed by atoms with Crippen LogP contribution in [0.4, 0.5) is 0 Å². The van der Waals surface area contributed by atoms with Crippen LogP contribution in [0.2, 0.25) is 0 Å². The third-order valence-electron chi connectivity index (χ3n) is 2.92. The van der Waals surface area contributed by atoms with Crippen LogP contribution in [0, 0.1) is 6.92 Å². The number of nitrogens with zero attached hydrogens (tertiary/aromatic N) is 2. The number of methoxy groups -OCH3 is 1. The minimum absolute atomic E-state index is 0.259. The number of rotatable bonds is 5. The molecule has 2 aromatic rings. The summed E-state index contributed by atoms with van der Waals surface area (Å²) < 4.78 is 31.4. The molecule has 0 aliphatic carbocycles. The highest BCUT2D eigenvalue weighted by atomic mass is 32.2. The van der Waals surface area contributed by atoms with Gasteiger partial charge in [0.1, 0.15) is 10.8 Å². The van der Waals surface area contributed by atoms with Gasteiger partial charge in [0, 0.05) is 18.6 Å². The van der Waals surface area contributed by atoms with Crippen molar-refractivity contribution in [1.82, 2.24) is 9.29 Å². The summed E-state index contributed by atoms with van der Waals surface area (Å²) in [6.45, 7) is 2.09. The van der Waals surface area contributed by atoms with Gasteiger partial charge in [-0.25, -0.2) is 13.4 Å². The predicted molar refractivity (Wildman–Crippen MR) is 78.5 cm³/mol. The van der Waals surface area contributed by atoms with E-state index in [9.17, 15) is 8.42 Å². The topological polar surface area (TPSA) is 59.5 Å². The summed E-state index contributed by atoms with van der Waals surface area (Å²) in [7, 11) is -0.406. The molecule has 0 unspecified atom stereocenters. The van der Waals surface area contributed by atoms with Gasteiger partial charge < -0.3 is 4.74 Å². The predicted octanol–water partition coefficient (Wildman–Crippen LogP) is 2.28. The standard InChI is InChI=1S/C13H16N2O3S2/c1-10-8-11(4-5-12(10)18-3)20(16,17)15(2)9-13-14-6-7-19-13/h4-8H,9H2,1-3H3. The van der Waals surface area contributed by atoms with Gasteiger partial charge in [-0.3, -0.25) is 0 Å². The quantitative estimate of drug-likeness (QED) is 0.850. The van der Waals surface area contributed by atoms with Crippen LogP contribution in [0.3, 0.4) is 0 Å². The second kappa shape index (κ2) is 5.90. The summed E-state index contributed by atoms with van der Waals surface area (Å²) in [5, 5.41) is 2.59. The molecule has 1 aromatic heterocycles. The van der Waals surface area contributed by atoms with Gasteiger partial charge in [0.05, 0.1) is 18.6 Å². The fourth-order valence-electron chi connectivity index (χ4n) is 1.80. The van der Waals surface area contributed by atoms with Crippen molar-refractivity contribution in [3.8, 4) is 5.75 Å². The van der Waals surface area contributed by atoms with Crippen molar-refractivity contribution in [2.45, 2.75) is 18.4 Å². The Morgan fingerprint density at radius 1 is 1.40 bits per heavy atom. The van der Waals surface area contributed by atoms with Crippen molar-refractivity contribution < 1.29 is 13.2 Å². The second-order valence-electron chi connectivity index (χ2n) is 4.32. The van der Waals surface area contributed by atoms with E-state index >= 15 is 0 Å². The summed E-state index contributed by atoms with van der Waals surface area (Å²) in [4.78, 5) is 4.36. The highest BCUT2D eigenvalue weighted by Gasteiger charge is 2.22. The molecule has 1 heterocycles. The Kier molecular flexibility index (Phi) is 4.42. The lowest BCUT2D eigenvalue weighted by molar-refractivity contribution is 0.411. The number of sulfonamides is 1. The van der Waals surface area contributed by atoms with Gasteiger partial charge in [-0.05, 0) is 30.7 Å². The molecule has 1 aromatic carbocycles. The lowest BCUT2D eigenvalue weighted by Gasteiger charge is -2.16. The smallest absolute Gasteiger partial charge is 0.243 e. The van der Waals surface area contributed by atoms with Crippen molar-refractivity contribution in [1.29, 1.82) is 0 Å². The highest BCUT2D eigenvalue weighted by Crippen LogP contribution is 2.24. The Morgan fingerprint density at radius 2 is 2.15 bits per heavy atom. The Bertz CT molecular complexity index is 682. The Morgan fingerprint density at radius 3 is 2.70 bits per heavy atom. The molecule has 0 aliphatic heterocycles. The molecule has 0 fully saturated rings. The van der Waals surface area contributed by atoms with Crippen molar-refractivity contribution >= 4 is 21.4 Å². The van der Waals surface area contributed by atoms with E-state index in [2.05, 4.69) is 4.98 Å². The highest BCUT2D eigenvalue weighted by molar-refractivity contribution is 7.89. The monoisotopic (exact) mass is 312 g/mol. The van der Waals surface area contributed by atoms with E-state index in [-0.39, 0.29) is 11.4 Å². The molecule has 5 nitrogen and oxygen atoms in total. The summed E-state index contributed by atoms with van der Waals surface area (Å²) in [6, 6.07) is 4.84. The van der Waals surface area contributed by atoms with E-state index in [1.54, 1.807) is 38.6 Å². The van der Waals surface area contributed by atoms with Crippen molar-refractivity contribution in [3.05, 3.63) is 40.3 Å². The number of aromatic nitrogens is 1. The number of aryl methyl sites for hydroxylation is 1. The van der Waals surface area contributed by atoms with Gasteiger partial charge in [0.25, 0.3) is 0 Å². The van der Waals surface area contributed by atoms with Gasteiger partial charge in [-0.15, -0.1) is 11.3 Å². The minimum Gasteiger partial charge on any atom is -0.496 e. The van der Waals surface area contributed by atoms with E-state index < -0.39 is 10.0 Å². The van der Waals surface area contributed by atoms with Crippen LogP contribution >= 0.6 is 11.3 Å². The average molecular weight is 312 g/mol. The van der Waals surface area contributed by atoms with Gasteiger partial charge in [-0.2, -0.15) is 4.31 Å². The number of hydrogen-bond donors (Lipinski definition) is 0. The second-order valence-corrected chi connectivity index (χ2v) is 7.34. The van der Waals surface area contributed by atoms with Crippen LogP contribution in [-0.2, 0) is 16.6 Å². The summed E-state index contributed by atoms with van der Waals surface area (Å²) >= 11 is 1.43. The van der Waals surface area contributed by atoms with Crippen LogP contribution in [0.25, 0.3) is 0 Å². The molecular formula is C13H16N2O3S2. The number of thiazole rings is 1. The first-order chi connectivity index (χ1) is 9.45. The molecule has 0 radical (unpaired) electrons. The molecular weight excluding hydrogens is 296 g/mol. The molecule has 0 saturated carbocycles. The number of ether oxygens (including phenoxy) is 1. The lowest BCUT2D eigenvalue weighted by atomic mass is 10.2. The van der Waals surface area contributed by atoms with E-state index in [0.29, 0.717) is 5.75 Å². The maximum Gasteiger partial charge on any atom is 0.243 e. The first-order valence-corrected chi connectivity index (χ1v) is 8.26. The van der Waals surface area contributed by atoms with E-state index in [1.165, 1.54) is 15.6 Å². The zero-order valence-electron chi connectivity index (χ0n) is 11.5. The summed E-state index contributed by atoms with van der Waals surface area (Å²) in [5.41, 5.74) is 0.788. The van der Waals surface area contributed by atoms with Crippen molar-refractivity contribution in [3.63, 3.8) is 0 Å². The molecule has 20 heavy (non-hydrogen) atoms. The van der Waals surface area contributed by atoms with E-state index in [4.69, 9.17) is 4.74 Å². The molecule has 7 heteroatoms. The maximum absolute atomic E-state index is 12.5. The van der Waals surface area contributed by atoms with Crippen molar-refractivity contribution in [2.24, 2.45) is 0 Å². The molecule has 108 valence electrons. The number of benzene rings is 1. The van der Waals surface area contributed by atoms with E-state index in [1.807, 2.05) is 12.3 Å². The fourth-order valence-corrected chi connectivity index (χ4v) is 3.77. The van der Waals surface area contributed by atoms with Gasteiger partial charge in [0.2, 0.25) is 10.0 Å². The average Bonchev–Trinajstić information content (AvgIpc) is 2.91. The van der Waals surface area contributed by atoms with E-state index in [0.717, 1.165) is 10.6 Å². The van der Waals surface area contributed by atoms with Gasteiger partial charge in [0.15, 0.2) is 0 Å². The van der Waals surface area contributed by atoms with Crippen LogP contribution in [0.5, 0.6) is 5.75 Å². The SMILES string of the molecule is COc1ccc(S(=O)(=O)N(C)Cc2nccs2)cc1C. The molecule has 0 saturated heterocycles. The molecule has 0 atom stereocenters. The Labute approximate surface area is 122 Å². The summed E-state index contributed by atoms with van der Waals surface area (Å²) in [6.07, 6.45) is 1.66. The van der Waals surface area contributed by atoms with Crippen molar-refractivity contribution in [2.75, 3.05) is 14.2 Å². The van der Waals surface area contributed by atoms with Crippen LogP contribution < -0.4 is 4.74 Å². The molecule has 0 amide bonds. The normalized spacial score (nSPS) is 11.8. The zero-order valence-corrected chi connectivity index (χ0v) is 13.2. The third-order valence-corrected chi connectivity index (χ3v) is 5.48. The van der Waals surface area contributed by atoms with Crippen LogP contribution in [0.15, 0.2) is 34.7 Å². The maximum atomic E-state index is 12.5. The molecule has 0 N–H and O–H groups in total. The largest absolute Gasteiger partial charge is 0.496 e. The molecule has 0 bridgehead atoms.